The Labute approximate surface area is 177 Å². The molecule has 0 bridgehead atoms. The first-order valence-electron chi connectivity index (χ1n) is 9.72. The lowest BCUT2D eigenvalue weighted by molar-refractivity contribution is -0.384. The molecule has 158 valence electrons. The van der Waals surface area contributed by atoms with Gasteiger partial charge in [0.2, 0.25) is 0 Å². The number of nitrogens with zero attached hydrogens (tertiary/aromatic N) is 6. The van der Waals surface area contributed by atoms with Crippen molar-refractivity contribution >= 4 is 23.1 Å². The Hall–Kier alpha value is -4.08. The van der Waals surface area contributed by atoms with E-state index in [1.54, 1.807) is 23.1 Å². The summed E-state index contributed by atoms with van der Waals surface area (Å²) in [6.45, 7) is 3.77. The van der Waals surface area contributed by atoms with Gasteiger partial charge in [-0.1, -0.05) is 0 Å². The Morgan fingerprint density at radius 2 is 1.68 bits per heavy atom. The zero-order chi connectivity index (χ0) is 22.0. The average molecular weight is 420 g/mol. The monoisotopic (exact) mass is 420 g/mol. The molecule has 1 fully saturated rings. The van der Waals surface area contributed by atoms with E-state index in [1.165, 1.54) is 36.4 Å². The lowest BCUT2D eigenvalue weighted by Gasteiger charge is -2.36. The fraction of sp³-hybridized carbons (Fsp3) is 0.238. The summed E-state index contributed by atoms with van der Waals surface area (Å²) in [5, 5.41) is 15.5. The molecule has 0 radical (unpaired) electrons. The van der Waals surface area contributed by atoms with Gasteiger partial charge in [-0.15, -0.1) is 0 Å². The maximum atomic E-state index is 12.9. The van der Waals surface area contributed by atoms with Crippen LogP contribution in [0.3, 0.4) is 0 Å². The molecule has 31 heavy (non-hydrogen) atoms. The van der Waals surface area contributed by atoms with Gasteiger partial charge in [0, 0.05) is 49.1 Å². The second-order valence-electron chi connectivity index (χ2n) is 7.18. The molecule has 1 aliphatic heterocycles. The van der Waals surface area contributed by atoms with E-state index in [1.807, 2.05) is 12.1 Å². The summed E-state index contributed by atoms with van der Waals surface area (Å²) in [6.07, 6.45) is 2.65. The van der Waals surface area contributed by atoms with E-state index in [2.05, 4.69) is 15.0 Å². The highest BCUT2D eigenvalue weighted by Crippen LogP contribution is 2.25. The topological polar surface area (TPSA) is 114 Å². The predicted octanol–water partition coefficient (Wildman–Crippen LogP) is 2.34. The molecule has 0 saturated carbocycles. The van der Waals surface area contributed by atoms with Crippen LogP contribution in [-0.4, -0.2) is 62.5 Å². The maximum Gasteiger partial charge on any atom is 0.295 e. The van der Waals surface area contributed by atoms with Gasteiger partial charge in [-0.3, -0.25) is 19.7 Å². The number of carbonyl (C=O) groups excluding carboxylic acids is 2. The Balaban J connectivity index is 1.46. The highest BCUT2D eigenvalue weighted by Gasteiger charge is 2.25. The van der Waals surface area contributed by atoms with Gasteiger partial charge in [0.25, 0.3) is 11.6 Å². The number of piperazine rings is 1. The summed E-state index contributed by atoms with van der Waals surface area (Å²) in [6, 6.07) is 11.8. The molecule has 0 atom stereocenters. The van der Waals surface area contributed by atoms with Crippen LogP contribution < -0.4 is 4.90 Å². The molecule has 0 spiro atoms. The largest absolute Gasteiger partial charge is 0.368 e. The summed E-state index contributed by atoms with van der Waals surface area (Å²) in [4.78, 5) is 43.0. The molecule has 4 rings (SSSR count). The second kappa shape index (κ2) is 8.34. The van der Waals surface area contributed by atoms with Gasteiger partial charge in [0.1, 0.15) is 18.3 Å². The molecule has 2 heterocycles. The summed E-state index contributed by atoms with van der Waals surface area (Å²) in [5.41, 5.74) is 1.95. The minimum atomic E-state index is -0.531. The lowest BCUT2D eigenvalue weighted by atomic mass is 10.1. The number of aromatic nitrogens is 3. The van der Waals surface area contributed by atoms with Gasteiger partial charge >= 0.3 is 0 Å². The van der Waals surface area contributed by atoms with E-state index < -0.39 is 4.92 Å². The van der Waals surface area contributed by atoms with Gasteiger partial charge in [-0.05, 0) is 43.3 Å². The van der Waals surface area contributed by atoms with Gasteiger partial charge in [0.15, 0.2) is 5.78 Å². The fourth-order valence-corrected chi connectivity index (χ4v) is 3.59. The number of carbonyl (C=O) groups is 2. The number of benzene rings is 2. The molecule has 3 aromatic rings. The normalized spacial score (nSPS) is 13.8. The molecular formula is C21H20N6O4. The van der Waals surface area contributed by atoms with Gasteiger partial charge < -0.3 is 9.80 Å². The molecule has 10 nitrogen and oxygen atoms in total. The first-order chi connectivity index (χ1) is 14.9. The highest BCUT2D eigenvalue weighted by atomic mass is 16.6. The number of rotatable bonds is 5. The van der Waals surface area contributed by atoms with Gasteiger partial charge in [0.05, 0.1) is 4.92 Å². The first kappa shape index (κ1) is 20.2. The molecular weight excluding hydrogens is 400 g/mol. The molecule has 0 aliphatic carbocycles. The molecule has 0 N–H and O–H groups in total. The molecule has 0 unspecified atom stereocenters. The summed E-state index contributed by atoms with van der Waals surface area (Å²) < 4.78 is 1.29. The van der Waals surface area contributed by atoms with Crippen LogP contribution >= 0.6 is 0 Å². The number of nitro benzene ring substituents is 1. The third-order valence-electron chi connectivity index (χ3n) is 5.29. The molecule has 1 aliphatic rings. The van der Waals surface area contributed by atoms with Crippen molar-refractivity contribution in [1.82, 2.24) is 19.7 Å². The number of nitro groups is 1. The van der Waals surface area contributed by atoms with Gasteiger partial charge in [-0.25, -0.2) is 9.67 Å². The van der Waals surface area contributed by atoms with Crippen molar-refractivity contribution in [2.45, 2.75) is 6.92 Å². The van der Waals surface area contributed by atoms with Crippen LogP contribution in [0.25, 0.3) is 5.69 Å². The van der Waals surface area contributed by atoms with Crippen molar-refractivity contribution in [2.24, 2.45) is 0 Å². The molecule has 1 aromatic heterocycles. The van der Waals surface area contributed by atoms with Crippen LogP contribution in [0.2, 0.25) is 0 Å². The van der Waals surface area contributed by atoms with Crippen molar-refractivity contribution in [3.05, 3.63) is 76.4 Å². The Bertz CT molecular complexity index is 1120. The predicted molar refractivity (Wildman–Crippen MR) is 113 cm³/mol. The summed E-state index contributed by atoms with van der Waals surface area (Å²) in [7, 11) is 0. The number of hydrogen-bond acceptors (Lipinski definition) is 7. The third-order valence-corrected chi connectivity index (χ3v) is 5.29. The Morgan fingerprint density at radius 1 is 1.00 bits per heavy atom. The quantitative estimate of drug-likeness (QED) is 0.353. The zero-order valence-corrected chi connectivity index (χ0v) is 16.8. The fourth-order valence-electron chi connectivity index (χ4n) is 3.59. The lowest BCUT2D eigenvalue weighted by Crippen LogP contribution is -2.48. The van der Waals surface area contributed by atoms with Gasteiger partial charge in [-0.2, -0.15) is 5.10 Å². The van der Waals surface area contributed by atoms with Crippen LogP contribution in [-0.2, 0) is 0 Å². The van der Waals surface area contributed by atoms with Crippen LogP contribution in [0, 0.1) is 10.1 Å². The summed E-state index contributed by atoms with van der Waals surface area (Å²) in [5.74, 6) is -0.231. The van der Waals surface area contributed by atoms with Crippen molar-refractivity contribution in [3.8, 4) is 5.69 Å². The smallest absolute Gasteiger partial charge is 0.295 e. The van der Waals surface area contributed by atoms with E-state index in [0.717, 1.165) is 5.69 Å². The first-order valence-corrected chi connectivity index (χ1v) is 9.72. The van der Waals surface area contributed by atoms with E-state index in [4.69, 9.17) is 0 Å². The van der Waals surface area contributed by atoms with E-state index in [-0.39, 0.29) is 28.6 Å². The van der Waals surface area contributed by atoms with Crippen molar-refractivity contribution in [2.75, 3.05) is 31.1 Å². The third kappa shape index (κ3) is 4.13. The molecule has 1 saturated heterocycles. The SMILES string of the molecule is CC(=O)c1ccc(N2CCN(C(=O)c3ccc(-n4cncn4)c([N+](=O)[O-])c3)CC2)cc1. The van der Waals surface area contributed by atoms with E-state index in [9.17, 15) is 19.7 Å². The van der Waals surface area contributed by atoms with E-state index in [0.29, 0.717) is 31.7 Å². The van der Waals surface area contributed by atoms with Crippen LogP contribution in [0.5, 0.6) is 0 Å². The number of amides is 1. The number of ketones is 1. The molecule has 10 heteroatoms. The van der Waals surface area contributed by atoms with Crippen LogP contribution in [0.1, 0.15) is 27.6 Å². The minimum Gasteiger partial charge on any atom is -0.368 e. The standard InChI is InChI=1S/C21H20N6O4/c1-15(28)16-2-5-18(6-3-16)24-8-10-25(11-9-24)21(29)17-4-7-19(20(12-17)27(30)31)26-14-22-13-23-26/h2-7,12-14H,8-11H2,1H3. The number of anilines is 1. The van der Waals surface area contributed by atoms with Crippen molar-refractivity contribution in [3.63, 3.8) is 0 Å². The Morgan fingerprint density at radius 3 is 2.26 bits per heavy atom. The van der Waals surface area contributed by atoms with Crippen molar-refractivity contribution in [1.29, 1.82) is 0 Å². The average Bonchev–Trinajstić information content (AvgIpc) is 3.33. The second-order valence-corrected chi connectivity index (χ2v) is 7.18. The Kier molecular flexibility index (Phi) is 5.44. The number of Topliss-reactive ketones (excluding diaryl/α,β-unsaturated/α-hetero) is 1. The minimum absolute atomic E-state index is 0.0193. The summed E-state index contributed by atoms with van der Waals surface area (Å²) >= 11 is 0. The molecule has 2 aromatic carbocycles. The maximum absolute atomic E-state index is 12.9. The van der Waals surface area contributed by atoms with Crippen LogP contribution in [0.4, 0.5) is 11.4 Å². The zero-order valence-electron chi connectivity index (χ0n) is 16.8. The number of hydrogen-bond donors (Lipinski definition) is 0. The highest BCUT2D eigenvalue weighted by molar-refractivity contribution is 5.96. The van der Waals surface area contributed by atoms with E-state index >= 15 is 0 Å². The van der Waals surface area contributed by atoms with Crippen LogP contribution in [0.15, 0.2) is 55.1 Å². The van der Waals surface area contributed by atoms with Crippen molar-refractivity contribution < 1.29 is 14.5 Å². The molecule has 1 amide bonds.